The summed E-state index contributed by atoms with van der Waals surface area (Å²) in [6.07, 6.45) is 1.48. The number of hydrogen-bond donors (Lipinski definition) is 2. The number of methoxy groups -OCH3 is 1. The Morgan fingerprint density at radius 2 is 2.04 bits per heavy atom. The van der Waals surface area contributed by atoms with E-state index in [-0.39, 0.29) is 5.91 Å². The SMILES string of the molecule is COc1ccc(/C(C)=C/C(=O)NNc2c(C#N)c(C)nn2C)cc1. The van der Waals surface area contributed by atoms with Gasteiger partial charge in [-0.05, 0) is 37.1 Å². The summed E-state index contributed by atoms with van der Waals surface area (Å²) in [7, 11) is 3.30. The molecule has 0 fully saturated rings. The van der Waals surface area contributed by atoms with Gasteiger partial charge in [0.2, 0.25) is 0 Å². The van der Waals surface area contributed by atoms with Crippen LogP contribution in [0.25, 0.3) is 5.57 Å². The fourth-order valence-electron chi connectivity index (χ4n) is 2.23. The van der Waals surface area contributed by atoms with E-state index in [0.29, 0.717) is 17.1 Å². The fraction of sp³-hybridized carbons (Fsp3) is 0.235. The van der Waals surface area contributed by atoms with Crippen molar-refractivity contribution in [1.82, 2.24) is 15.2 Å². The van der Waals surface area contributed by atoms with Crippen molar-refractivity contribution in [3.63, 3.8) is 0 Å². The summed E-state index contributed by atoms with van der Waals surface area (Å²) in [4.78, 5) is 12.1. The molecule has 2 aromatic rings. The second-order valence-electron chi connectivity index (χ2n) is 5.21. The van der Waals surface area contributed by atoms with Crippen LogP contribution in [0.3, 0.4) is 0 Å². The molecule has 24 heavy (non-hydrogen) atoms. The van der Waals surface area contributed by atoms with Gasteiger partial charge in [0.15, 0.2) is 5.82 Å². The van der Waals surface area contributed by atoms with E-state index in [9.17, 15) is 4.79 Å². The number of anilines is 1. The van der Waals surface area contributed by atoms with Gasteiger partial charge in [0, 0.05) is 13.1 Å². The number of nitrogens with zero attached hydrogens (tertiary/aromatic N) is 3. The molecular formula is C17H19N5O2. The number of rotatable bonds is 5. The molecule has 0 bridgehead atoms. The molecule has 0 saturated heterocycles. The Labute approximate surface area is 140 Å². The fourth-order valence-corrected chi connectivity index (χ4v) is 2.23. The molecule has 1 aromatic carbocycles. The number of allylic oxidation sites excluding steroid dienone is 1. The second-order valence-corrected chi connectivity index (χ2v) is 5.21. The number of nitrogens with one attached hydrogen (secondary N) is 2. The molecule has 1 aromatic heterocycles. The van der Waals surface area contributed by atoms with Crippen LogP contribution >= 0.6 is 0 Å². The first-order chi connectivity index (χ1) is 11.5. The van der Waals surface area contributed by atoms with E-state index in [1.54, 1.807) is 21.1 Å². The normalized spacial score (nSPS) is 10.9. The molecular weight excluding hydrogens is 306 g/mol. The van der Waals surface area contributed by atoms with E-state index in [2.05, 4.69) is 22.0 Å². The number of hydrogen-bond acceptors (Lipinski definition) is 5. The van der Waals surface area contributed by atoms with Crippen LogP contribution in [0.4, 0.5) is 5.82 Å². The summed E-state index contributed by atoms with van der Waals surface area (Å²) in [6.45, 7) is 3.58. The third kappa shape index (κ3) is 3.73. The minimum atomic E-state index is -0.328. The third-order valence-electron chi connectivity index (χ3n) is 3.53. The van der Waals surface area contributed by atoms with Crippen molar-refractivity contribution in [2.45, 2.75) is 13.8 Å². The number of nitriles is 1. The van der Waals surface area contributed by atoms with E-state index in [1.165, 1.54) is 10.8 Å². The number of ether oxygens (including phenoxy) is 1. The zero-order valence-corrected chi connectivity index (χ0v) is 14.0. The highest BCUT2D eigenvalue weighted by molar-refractivity contribution is 5.95. The standard InChI is InChI=1S/C17H19N5O2/c1-11(13-5-7-14(24-4)8-6-13)9-16(23)19-20-17-15(10-18)12(2)21-22(17)3/h5-9,20H,1-4H3,(H,19,23)/b11-9+. The Balaban J connectivity index is 2.06. The smallest absolute Gasteiger partial charge is 0.262 e. The van der Waals surface area contributed by atoms with Gasteiger partial charge >= 0.3 is 0 Å². The highest BCUT2D eigenvalue weighted by Crippen LogP contribution is 2.18. The Bertz CT molecular complexity index is 813. The highest BCUT2D eigenvalue weighted by Gasteiger charge is 2.12. The van der Waals surface area contributed by atoms with Gasteiger partial charge in [0.1, 0.15) is 17.4 Å². The largest absolute Gasteiger partial charge is 0.497 e. The monoisotopic (exact) mass is 325 g/mol. The van der Waals surface area contributed by atoms with E-state index < -0.39 is 0 Å². The summed E-state index contributed by atoms with van der Waals surface area (Å²) in [5.74, 6) is 0.873. The molecule has 0 atom stereocenters. The topological polar surface area (TPSA) is 92.0 Å². The zero-order valence-electron chi connectivity index (χ0n) is 14.0. The summed E-state index contributed by atoms with van der Waals surface area (Å²) in [5, 5.41) is 13.3. The van der Waals surface area contributed by atoms with E-state index in [0.717, 1.165) is 16.9 Å². The molecule has 0 aliphatic rings. The number of aromatic nitrogens is 2. The van der Waals surface area contributed by atoms with Gasteiger partial charge in [-0.25, -0.2) is 0 Å². The van der Waals surface area contributed by atoms with Crippen molar-refractivity contribution in [3.8, 4) is 11.8 Å². The van der Waals surface area contributed by atoms with Crippen molar-refractivity contribution < 1.29 is 9.53 Å². The molecule has 0 aliphatic heterocycles. The molecule has 0 unspecified atom stereocenters. The average molecular weight is 325 g/mol. The van der Waals surface area contributed by atoms with Crippen molar-refractivity contribution >= 4 is 17.3 Å². The molecule has 7 nitrogen and oxygen atoms in total. The van der Waals surface area contributed by atoms with E-state index in [1.807, 2.05) is 31.2 Å². The van der Waals surface area contributed by atoms with Gasteiger partial charge < -0.3 is 4.74 Å². The lowest BCUT2D eigenvalue weighted by Gasteiger charge is -2.08. The van der Waals surface area contributed by atoms with Crippen LogP contribution in [0, 0.1) is 18.3 Å². The van der Waals surface area contributed by atoms with Crippen molar-refractivity contribution in [2.75, 3.05) is 12.5 Å². The number of aryl methyl sites for hydroxylation is 2. The van der Waals surface area contributed by atoms with Crippen LogP contribution < -0.4 is 15.6 Å². The second kappa shape index (κ2) is 7.33. The summed E-state index contributed by atoms with van der Waals surface area (Å²) in [6, 6.07) is 9.49. The Kier molecular flexibility index (Phi) is 5.22. The van der Waals surface area contributed by atoms with Crippen LogP contribution in [0.5, 0.6) is 5.75 Å². The van der Waals surface area contributed by atoms with Gasteiger partial charge in [-0.3, -0.25) is 20.3 Å². The highest BCUT2D eigenvalue weighted by atomic mass is 16.5. The lowest BCUT2D eigenvalue weighted by atomic mass is 10.1. The minimum Gasteiger partial charge on any atom is -0.497 e. The maximum absolute atomic E-state index is 12.1. The maximum Gasteiger partial charge on any atom is 0.262 e. The average Bonchev–Trinajstić information content (AvgIpc) is 2.85. The Morgan fingerprint density at radius 3 is 2.62 bits per heavy atom. The molecule has 1 amide bonds. The molecule has 0 saturated carbocycles. The number of hydrazine groups is 1. The number of amides is 1. The van der Waals surface area contributed by atoms with Gasteiger partial charge in [-0.15, -0.1) is 0 Å². The number of benzene rings is 1. The number of carbonyl (C=O) groups excluding carboxylic acids is 1. The van der Waals surface area contributed by atoms with Crippen molar-refractivity contribution in [1.29, 1.82) is 5.26 Å². The van der Waals surface area contributed by atoms with Gasteiger partial charge in [-0.1, -0.05) is 12.1 Å². The van der Waals surface area contributed by atoms with Crippen LogP contribution in [0.1, 0.15) is 23.7 Å². The summed E-state index contributed by atoms with van der Waals surface area (Å²) in [5.41, 5.74) is 8.01. The van der Waals surface area contributed by atoms with Crippen LogP contribution in [-0.4, -0.2) is 22.8 Å². The molecule has 7 heteroatoms. The lowest BCUT2D eigenvalue weighted by Crippen LogP contribution is -2.29. The first kappa shape index (κ1) is 17.1. The minimum absolute atomic E-state index is 0.328. The van der Waals surface area contributed by atoms with Gasteiger partial charge in [0.25, 0.3) is 5.91 Å². The first-order valence-corrected chi connectivity index (χ1v) is 7.28. The molecule has 0 spiro atoms. The predicted molar refractivity (Wildman–Crippen MR) is 91.1 cm³/mol. The zero-order chi connectivity index (χ0) is 17.7. The van der Waals surface area contributed by atoms with Crippen molar-refractivity contribution in [2.24, 2.45) is 7.05 Å². The van der Waals surface area contributed by atoms with Gasteiger partial charge in [-0.2, -0.15) is 10.4 Å². The molecule has 124 valence electrons. The first-order valence-electron chi connectivity index (χ1n) is 7.28. The number of carbonyl (C=O) groups is 1. The third-order valence-corrected chi connectivity index (χ3v) is 3.53. The summed E-state index contributed by atoms with van der Waals surface area (Å²) < 4.78 is 6.62. The quantitative estimate of drug-likeness (QED) is 0.649. The van der Waals surface area contributed by atoms with Crippen molar-refractivity contribution in [3.05, 3.63) is 47.2 Å². The predicted octanol–water partition coefficient (Wildman–Crippen LogP) is 2.16. The van der Waals surface area contributed by atoms with Crippen LogP contribution in [0.15, 0.2) is 30.3 Å². The van der Waals surface area contributed by atoms with Crippen LogP contribution in [0.2, 0.25) is 0 Å². The van der Waals surface area contributed by atoms with Crippen LogP contribution in [-0.2, 0) is 11.8 Å². The van der Waals surface area contributed by atoms with E-state index in [4.69, 9.17) is 10.00 Å². The Morgan fingerprint density at radius 1 is 1.38 bits per heavy atom. The lowest BCUT2D eigenvalue weighted by molar-refractivity contribution is -0.116. The summed E-state index contributed by atoms with van der Waals surface area (Å²) >= 11 is 0. The molecule has 2 rings (SSSR count). The Hall–Kier alpha value is -3.27. The van der Waals surface area contributed by atoms with E-state index >= 15 is 0 Å². The molecule has 0 radical (unpaired) electrons. The van der Waals surface area contributed by atoms with Gasteiger partial charge in [0.05, 0.1) is 12.8 Å². The maximum atomic E-state index is 12.1. The molecule has 0 aliphatic carbocycles. The molecule has 1 heterocycles. The molecule has 2 N–H and O–H groups in total.